The van der Waals surface area contributed by atoms with Crippen LogP contribution in [0.25, 0.3) is 18.2 Å². The molecule has 3 rings (SSSR count). The highest BCUT2D eigenvalue weighted by molar-refractivity contribution is 5.56. The zero-order valence-electron chi connectivity index (χ0n) is 12.9. The number of hydrogen-bond donors (Lipinski definition) is 2. The molecule has 0 aliphatic carbocycles. The average Bonchev–Trinajstić information content (AvgIpc) is 2.61. The normalized spacial score (nSPS) is 12.8. The minimum absolute atomic E-state index is 0.220. The molecule has 0 saturated heterocycles. The van der Waals surface area contributed by atoms with E-state index in [4.69, 9.17) is 0 Å². The monoisotopic (exact) mass is 316 g/mol. The fourth-order valence-electron chi connectivity index (χ4n) is 2.25. The summed E-state index contributed by atoms with van der Waals surface area (Å²) >= 11 is 0. The van der Waals surface area contributed by atoms with Gasteiger partial charge < -0.3 is 9.97 Å². The lowest BCUT2D eigenvalue weighted by Crippen LogP contribution is -2.46. The van der Waals surface area contributed by atoms with E-state index in [1.165, 1.54) is 0 Å². The molecule has 24 heavy (non-hydrogen) atoms. The third-order valence-electron chi connectivity index (χ3n) is 3.45. The second kappa shape index (κ2) is 7.24. The van der Waals surface area contributed by atoms with Crippen molar-refractivity contribution in [3.05, 3.63) is 109 Å². The second-order valence-electron chi connectivity index (χ2n) is 5.23. The first kappa shape index (κ1) is 15.5. The Kier molecular flexibility index (Phi) is 4.68. The molecule has 3 aromatic rings. The first-order valence-corrected chi connectivity index (χ1v) is 7.55. The van der Waals surface area contributed by atoms with E-state index in [2.05, 4.69) is 9.97 Å². The van der Waals surface area contributed by atoms with Crippen molar-refractivity contribution in [2.24, 2.45) is 0 Å². The standard InChI is InChI=1S/C20H16N2O2/c23-19-17(13-7-12-15-8-3-1-4-9-15)21-20(24)18(22-19)14-16-10-5-2-6-11-16/h1-14H,(H,21,24)(H,22,23)/b12-7+,17-13+,18-14-. The summed E-state index contributed by atoms with van der Waals surface area (Å²) in [6.45, 7) is 0. The minimum atomic E-state index is -0.338. The Morgan fingerprint density at radius 1 is 0.667 bits per heavy atom. The van der Waals surface area contributed by atoms with Gasteiger partial charge in [0.25, 0.3) is 11.1 Å². The topological polar surface area (TPSA) is 65.7 Å². The van der Waals surface area contributed by atoms with Gasteiger partial charge in [-0.2, -0.15) is 0 Å². The molecule has 0 aliphatic rings. The number of rotatable bonds is 3. The first-order chi connectivity index (χ1) is 11.7. The van der Waals surface area contributed by atoms with Crippen LogP contribution >= 0.6 is 0 Å². The molecule has 0 radical (unpaired) electrons. The van der Waals surface area contributed by atoms with Gasteiger partial charge in [0.1, 0.15) is 10.7 Å². The van der Waals surface area contributed by atoms with Crippen molar-refractivity contribution in [3.63, 3.8) is 0 Å². The zero-order valence-corrected chi connectivity index (χ0v) is 12.9. The van der Waals surface area contributed by atoms with Gasteiger partial charge in [0.15, 0.2) is 0 Å². The highest BCUT2D eigenvalue weighted by Crippen LogP contribution is 2.00. The van der Waals surface area contributed by atoms with E-state index in [-0.39, 0.29) is 21.8 Å². The molecule has 0 spiro atoms. The largest absolute Gasteiger partial charge is 0.316 e. The van der Waals surface area contributed by atoms with Crippen LogP contribution in [0, 0.1) is 0 Å². The van der Waals surface area contributed by atoms with Crippen LogP contribution in [0.4, 0.5) is 0 Å². The van der Waals surface area contributed by atoms with Crippen molar-refractivity contribution in [1.82, 2.24) is 9.97 Å². The predicted octanol–water partition coefficient (Wildman–Crippen LogP) is 1.39. The lowest BCUT2D eigenvalue weighted by Gasteiger charge is -1.92. The number of aromatic amines is 2. The molecule has 0 bridgehead atoms. The number of hydrogen-bond acceptors (Lipinski definition) is 2. The third-order valence-corrected chi connectivity index (χ3v) is 3.45. The van der Waals surface area contributed by atoms with Gasteiger partial charge in [-0.3, -0.25) is 9.59 Å². The number of aromatic nitrogens is 2. The third kappa shape index (κ3) is 3.87. The van der Waals surface area contributed by atoms with Gasteiger partial charge in [0.05, 0.1) is 0 Å². The van der Waals surface area contributed by atoms with Crippen molar-refractivity contribution >= 4 is 18.2 Å². The Labute approximate surface area is 138 Å². The summed E-state index contributed by atoms with van der Waals surface area (Å²) in [6.07, 6.45) is 6.82. The van der Waals surface area contributed by atoms with Crippen molar-refractivity contribution in [1.29, 1.82) is 0 Å². The Bertz CT molecular complexity index is 1080. The van der Waals surface area contributed by atoms with Gasteiger partial charge >= 0.3 is 0 Å². The summed E-state index contributed by atoms with van der Waals surface area (Å²) < 4.78 is 0. The summed E-state index contributed by atoms with van der Waals surface area (Å²) in [4.78, 5) is 29.5. The number of allylic oxidation sites excluding steroid dienone is 1. The SMILES string of the molecule is O=c1[nH]/c(=C/C=C/c2ccccc2)c(=O)[nH]/c1=C\c1ccccc1. The molecule has 1 heterocycles. The van der Waals surface area contributed by atoms with E-state index in [0.717, 1.165) is 11.1 Å². The quantitative estimate of drug-likeness (QED) is 0.767. The van der Waals surface area contributed by atoms with Gasteiger partial charge in [0.2, 0.25) is 0 Å². The first-order valence-electron chi connectivity index (χ1n) is 7.55. The Morgan fingerprint density at radius 3 is 1.88 bits per heavy atom. The molecule has 118 valence electrons. The zero-order chi connectivity index (χ0) is 16.8. The average molecular weight is 316 g/mol. The molecule has 4 heteroatoms. The lowest BCUT2D eigenvalue weighted by molar-refractivity contribution is 1.00. The van der Waals surface area contributed by atoms with E-state index in [1.54, 1.807) is 18.2 Å². The van der Waals surface area contributed by atoms with Gasteiger partial charge in [-0.25, -0.2) is 0 Å². The molecule has 2 N–H and O–H groups in total. The minimum Gasteiger partial charge on any atom is -0.316 e. The second-order valence-corrected chi connectivity index (χ2v) is 5.23. The van der Waals surface area contributed by atoms with E-state index < -0.39 is 0 Å². The highest BCUT2D eigenvalue weighted by atomic mass is 16.1. The predicted molar refractivity (Wildman–Crippen MR) is 96.9 cm³/mol. The smallest absolute Gasteiger partial charge is 0.272 e. The fourth-order valence-corrected chi connectivity index (χ4v) is 2.25. The number of benzene rings is 2. The van der Waals surface area contributed by atoms with Crippen LogP contribution in [0.15, 0.2) is 76.3 Å². The summed E-state index contributed by atoms with van der Waals surface area (Å²) in [7, 11) is 0. The van der Waals surface area contributed by atoms with Crippen LogP contribution in [0.1, 0.15) is 11.1 Å². The Balaban J connectivity index is 1.98. The summed E-state index contributed by atoms with van der Waals surface area (Å²) in [6, 6.07) is 19.1. The molecule has 2 aromatic carbocycles. The van der Waals surface area contributed by atoms with Gasteiger partial charge in [0, 0.05) is 0 Å². The maximum Gasteiger partial charge on any atom is 0.272 e. The fraction of sp³-hybridized carbons (Fsp3) is 0. The highest BCUT2D eigenvalue weighted by Gasteiger charge is 1.95. The molecule has 0 fully saturated rings. The maximum atomic E-state index is 12.1. The Morgan fingerprint density at radius 2 is 1.21 bits per heavy atom. The lowest BCUT2D eigenvalue weighted by atomic mass is 10.2. The van der Waals surface area contributed by atoms with Gasteiger partial charge in [-0.15, -0.1) is 0 Å². The van der Waals surface area contributed by atoms with Crippen molar-refractivity contribution in [2.75, 3.05) is 0 Å². The van der Waals surface area contributed by atoms with Crippen LogP contribution in [0.2, 0.25) is 0 Å². The van der Waals surface area contributed by atoms with E-state index in [1.807, 2.05) is 66.7 Å². The van der Waals surface area contributed by atoms with E-state index >= 15 is 0 Å². The summed E-state index contributed by atoms with van der Waals surface area (Å²) in [5.74, 6) is 0. The van der Waals surface area contributed by atoms with Crippen LogP contribution in [0.5, 0.6) is 0 Å². The van der Waals surface area contributed by atoms with Crippen molar-refractivity contribution in [2.45, 2.75) is 0 Å². The maximum absolute atomic E-state index is 12.1. The molecule has 0 atom stereocenters. The molecule has 4 nitrogen and oxygen atoms in total. The summed E-state index contributed by atoms with van der Waals surface area (Å²) in [5.41, 5.74) is 1.19. The van der Waals surface area contributed by atoms with Crippen molar-refractivity contribution < 1.29 is 0 Å². The Hall–Kier alpha value is -3.40. The molecule has 0 saturated carbocycles. The number of H-pyrrole nitrogens is 2. The van der Waals surface area contributed by atoms with Crippen LogP contribution < -0.4 is 21.8 Å². The van der Waals surface area contributed by atoms with Crippen LogP contribution in [-0.2, 0) is 0 Å². The van der Waals surface area contributed by atoms with Gasteiger partial charge in [-0.1, -0.05) is 72.8 Å². The van der Waals surface area contributed by atoms with Crippen LogP contribution in [0.3, 0.4) is 0 Å². The molecule has 1 aromatic heterocycles. The van der Waals surface area contributed by atoms with Crippen molar-refractivity contribution in [3.8, 4) is 0 Å². The molecule has 0 aliphatic heterocycles. The van der Waals surface area contributed by atoms with E-state index in [9.17, 15) is 9.59 Å². The molecular weight excluding hydrogens is 300 g/mol. The summed E-state index contributed by atoms with van der Waals surface area (Å²) in [5, 5.41) is 0.452. The van der Waals surface area contributed by atoms with E-state index in [0.29, 0.717) is 0 Å². The van der Waals surface area contributed by atoms with Crippen LogP contribution in [-0.4, -0.2) is 9.97 Å². The number of nitrogens with one attached hydrogen (secondary N) is 2. The molecular formula is C20H16N2O2. The molecule has 0 unspecified atom stereocenters. The van der Waals surface area contributed by atoms with Gasteiger partial charge in [-0.05, 0) is 23.3 Å². The molecule has 0 amide bonds.